The fraction of sp³-hybridized carbons (Fsp3) is 0.611. The molecule has 2 heterocycles. The number of nitrogens with zero attached hydrogens (tertiary/aromatic N) is 1. The van der Waals surface area contributed by atoms with Crippen molar-refractivity contribution >= 4 is 21.6 Å². The quantitative estimate of drug-likeness (QED) is 0.894. The molecule has 0 bridgehead atoms. The SMILES string of the molecule is O=C1CCc2cc(S(=O)(=O)N3CCCC4CCCCC43)ccc2N1. The molecule has 24 heavy (non-hydrogen) atoms. The Morgan fingerprint density at radius 2 is 1.83 bits per heavy atom. The van der Waals surface area contributed by atoms with Gasteiger partial charge in [-0.05, 0) is 61.8 Å². The van der Waals surface area contributed by atoms with Crippen molar-refractivity contribution in [3.05, 3.63) is 23.8 Å². The topological polar surface area (TPSA) is 66.5 Å². The van der Waals surface area contributed by atoms with Gasteiger partial charge in [0.1, 0.15) is 0 Å². The maximum absolute atomic E-state index is 13.2. The maximum atomic E-state index is 13.2. The van der Waals surface area contributed by atoms with Gasteiger partial charge in [0.2, 0.25) is 15.9 Å². The minimum Gasteiger partial charge on any atom is -0.326 e. The molecule has 5 nitrogen and oxygen atoms in total. The molecule has 130 valence electrons. The van der Waals surface area contributed by atoms with Gasteiger partial charge in [0.25, 0.3) is 0 Å². The Hall–Kier alpha value is -1.40. The number of aryl methyl sites for hydroxylation is 1. The van der Waals surface area contributed by atoms with Crippen molar-refractivity contribution in [2.45, 2.75) is 62.3 Å². The number of piperidine rings is 1. The second-order valence-electron chi connectivity index (χ2n) is 7.24. The number of amides is 1. The van der Waals surface area contributed by atoms with Gasteiger partial charge in [0, 0.05) is 24.7 Å². The molecular formula is C18H24N2O3S. The summed E-state index contributed by atoms with van der Waals surface area (Å²) in [6.45, 7) is 0.636. The molecule has 4 rings (SSSR count). The van der Waals surface area contributed by atoms with E-state index < -0.39 is 10.0 Å². The van der Waals surface area contributed by atoms with Crippen LogP contribution in [0.1, 0.15) is 50.5 Å². The van der Waals surface area contributed by atoms with Crippen LogP contribution in [-0.2, 0) is 21.2 Å². The Balaban J connectivity index is 1.66. The van der Waals surface area contributed by atoms with Gasteiger partial charge in [0.15, 0.2) is 0 Å². The zero-order valence-electron chi connectivity index (χ0n) is 13.8. The number of carbonyl (C=O) groups is 1. The first kappa shape index (κ1) is 16.1. The van der Waals surface area contributed by atoms with Crippen LogP contribution in [0.2, 0.25) is 0 Å². The fourth-order valence-corrected chi connectivity index (χ4v) is 6.34. The molecule has 1 aliphatic carbocycles. The number of benzene rings is 1. The van der Waals surface area contributed by atoms with Crippen molar-refractivity contribution in [3.8, 4) is 0 Å². The number of nitrogens with one attached hydrogen (secondary N) is 1. The Morgan fingerprint density at radius 3 is 2.71 bits per heavy atom. The third-order valence-corrected chi connectivity index (χ3v) is 7.69. The summed E-state index contributed by atoms with van der Waals surface area (Å²) in [7, 11) is -3.46. The Morgan fingerprint density at radius 1 is 1.04 bits per heavy atom. The van der Waals surface area contributed by atoms with E-state index in [1.165, 1.54) is 6.42 Å². The van der Waals surface area contributed by atoms with Crippen LogP contribution in [0.5, 0.6) is 0 Å². The average molecular weight is 348 g/mol. The molecule has 1 N–H and O–H groups in total. The van der Waals surface area contributed by atoms with E-state index >= 15 is 0 Å². The summed E-state index contributed by atoms with van der Waals surface area (Å²) in [6, 6.07) is 5.32. The van der Waals surface area contributed by atoms with E-state index in [1.807, 2.05) is 0 Å². The monoisotopic (exact) mass is 348 g/mol. The molecule has 2 aliphatic heterocycles. The molecule has 2 unspecified atom stereocenters. The summed E-state index contributed by atoms with van der Waals surface area (Å²) in [5.41, 5.74) is 1.67. The molecule has 1 saturated carbocycles. The average Bonchev–Trinajstić information content (AvgIpc) is 2.60. The van der Waals surface area contributed by atoms with E-state index in [9.17, 15) is 13.2 Å². The van der Waals surface area contributed by atoms with Gasteiger partial charge >= 0.3 is 0 Å². The van der Waals surface area contributed by atoms with Crippen LogP contribution in [0.25, 0.3) is 0 Å². The van der Waals surface area contributed by atoms with E-state index in [0.717, 1.165) is 43.4 Å². The molecule has 1 saturated heterocycles. The number of hydrogen-bond donors (Lipinski definition) is 1. The smallest absolute Gasteiger partial charge is 0.243 e. The van der Waals surface area contributed by atoms with Gasteiger partial charge in [0.05, 0.1) is 4.90 Å². The lowest BCUT2D eigenvalue weighted by atomic mass is 9.79. The Kier molecular flexibility index (Phi) is 4.12. The van der Waals surface area contributed by atoms with Crippen molar-refractivity contribution in [2.75, 3.05) is 11.9 Å². The third kappa shape index (κ3) is 2.75. The van der Waals surface area contributed by atoms with Crippen molar-refractivity contribution in [1.29, 1.82) is 0 Å². The molecule has 3 aliphatic rings. The van der Waals surface area contributed by atoms with Crippen LogP contribution in [-0.4, -0.2) is 31.2 Å². The largest absolute Gasteiger partial charge is 0.326 e. The Labute approximate surface area is 143 Å². The van der Waals surface area contributed by atoms with Crippen molar-refractivity contribution in [1.82, 2.24) is 4.31 Å². The highest BCUT2D eigenvalue weighted by atomic mass is 32.2. The van der Waals surface area contributed by atoms with Crippen LogP contribution >= 0.6 is 0 Å². The second kappa shape index (κ2) is 6.15. The van der Waals surface area contributed by atoms with Crippen LogP contribution < -0.4 is 5.32 Å². The number of fused-ring (bicyclic) bond motifs is 2. The van der Waals surface area contributed by atoms with E-state index in [1.54, 1.807) is 22.5 Å². The van der Waals surface area contributed by atoms with E-state index in [-0.39, 0.29) is 11.9 Å². The third-order valence-electron chi connectivity index (χ3n) is 5.77. The highest BCUT2D eigenvalue weighted by Gasteiger charge is 2.40. The Bertz CT molecular complexity index is 758. The van der Waals surface area contributed by atoms with Crippen LogP contribution in [0, 0.1) is 5.92 Å². The lowest BCUT2D eigenvalue weighted by Crippen LogP contribution is -2.49. The van der Waals surface area contributed by atoms with Crippen molar-refractivity contribution < 1.29 is 13.2 Å². The molecular weight excluding hydrogens is 324 g/mol. The fourth-order valence-electron chi connectivity index (χ4n) is 4.53. The standard InChI is InChI=1S/C18H24N2O3S/c21-18-10-7-14-12-15(8-9-16(14)19-18)24(22,23)20-11-3-5-13-4-1-2-6-17(13)20/h8-9,12-13,17H,1-7,10-11H2,(H,19,21). The van der Waals surface area contributed by atoms with Gasteiger partial charge in [-0.15, -0.1) is 0 Å². The van der Waals surface area contributed by atoms with Gasteiger partial charge < -0.3 is 5.32 Å². The van der Waals surface area contributed by atoms with E-state index in [0.29, 0.717) is 30.2 Å². The molecule has 6 heteroatoms. The number of rotatable bonds is 2. The van der Waals surface area contributed by atoms with Gasteiger partial charge in [-0.2, -0.15) is 4.31 Å². The van der Waals surface area contributed by atoms with Crippen molar-refractivity contribution in [2.24, 2.45) is 5.92 Å². The molecule has 0 spiro atoms. The molecule has 0 radical (unpaired) electrons. The highest BCUT2D eigenvalue weighted by Crippen LogP contribution is 2.38. The molecule has 1 amide bonds. The molecule has 1 aromatic carbocycles. The predicted octanol–water partition coefficient (Wildman–Crippen LogP) is 2.91. The molecule has 2 atom stereocenters. The molecule has 2 fully saturated rings. The minimum atomic E-state index is -3.46. The summed E-state index contributed by atoms with van der Waals surface area (Å²) in [6.07, 6.45) is 7.66. The summed E-state index contributed by atoms with van der Waals surface area (Å²) < 4.78 is 28.2. The first-order valence-corrected chi connectivity index (χ1v) is 10.4. The van der Waals surface area contributed by atoms with Gasteiger partial charge in [-0.25, -0.2) is 8.42 Å². The number of anilines is 1. The lowest BCUT2D eigenvalue weighted by Gasteiger charge is -2.43. The second-order valence-corrected chi connectivity index (χ2v) is 9.13. The minimum absolute atomic E-state index is 0.000755. The molecule has 0 aromatic heterocycles. The maximum Gasteiger partial charge on any atom is 0.243 e. The number of carbonyl (C=O) groups excluding carboxylic acids is 1. The predicted molar refractivity (Wildman–Crippen MR) is 92.3 cm³/mol. The first-order chi connectivity index (χ1) is 11.6. The van der Waals surface area contributed by atoms with Crippen LogP contribution in [0.15, 0.2) is 23.1 Å². The zero-order valence-corrected chi connectivity index (χ0v) is 14.6. The van der Waals surface area contributed by atoms with Crippen molar-refractivity contribution in [3.63, 3.8) is 0 Å². The zero-order chi connectivity index (χ0) is 16.7. The van der Waals surface area contributed by atoms with Crippen LogP contribution in [0.3, 0.4) is 0 Å². The lowest BCUT2D eigenvalue weighted by molar-refractivity contribution is -0.116. The summed E-state index contributed by atoms with van der Waals surface area (Å²) in [4.78, 5) is 11.9. The summed E-state index contributed by atoms with van der Waals surface area (Å²) in [5, 5.41) is 2.82. The highest BCUT2D eigenvalue weighted by molar-refractivity contribution is 7.89. The normalized spacial score (nSPS) is 27.9. The number of hydrogen-bond acceptors (Lipinski definition) is 3. The molecule has 1 aromatic rings. The number of sulfonamides is 1. The van der Waals surface area contributed by atoms with E-state index in [4.69, 9.17) is 0 Å². The van der Waals surface area contributed by atoms with Gasteiger partial charge in [-0.1, -0.05) is 12.8 Å². The van der Waals surface area contributed by atoms with Crippen LogP contribution in [0.4, 0.5) is 5.69 Å². The van der Waals surface area contributed by atoms with E-state index in [2.05, 4.69) is 5.32 Å². The summed E-state index contributed by atoms with van der Waals surface area (Å²) in [5.74, 6) is 0.526. The first-order valence-electron chi connectivity index (χ1n) is 9.00. The summed E-state index contributed by atoms with van der Waals surface area (Å²) >= 11 is 0. The van der Waals surface area contributed by atoms with Gasteiger partial charge in [-0.3, -0.25) is 4.79 Å².